The van der Waals surface area contributed by atoms with Gasteiger partial charge in [-0.3, -0.25) is 0 Å². The predicted molar refractivity (Wildman–Crippen MR) is 407 cm³/mol. The van der Waals surface area contributed by atoms with Crippen LogP contribution >= 0.6 is 11.3 Å². The molecule has 0 spiro atoms. The molecule has 93 heavy (non-hydrogen) atoms. The Morgan fingerprint density at radius 1 is 0.312 bits per heavy atom. The van der Waals surface area contributed by atoms with Crippen LogP contribution in [0.2, 0.25) is 0 Å². The van der Waals surface area contributed by atoms with E-state index in [0.29, 0.717) is 0 Å². The van der Waals surface area contributed by atoms with Crippen molar-refractivity contribution >= 4 is 127 Å². The summed E-state index contributed by atoms with van der Waals surface area (Å²) in [6, 6.07) is 91.3. The van der Waals surface area contributed by atoms with Crippen molar-refractivity contribution in [2.45, 2.75) is 131 Å². The van der Waals surface area contributed by atoms with Gasteiger partial charge in [0.15, 0.2) is 0 Å². The minimum absolute atomic E-state index is 0.0185. The summed E-state index contributed by atoms with van der Waals surface area (Å²) in [5, 5.41) is 8.90. The smallest absolute Gasteiger partial charge is 0.264 e. The molecule has 2 aliphatic rings. The standard InChI is InChI=1S/C88H84BN3S/c1-84(2,3)58-37-43-76(72(50-58)56-36-42-71-69-32-23-22-30-67(69)68-31-24-25-33-70(68)73(71)48-56)92-77-44-38-60(86(7,8)9)52-75(77)89-81-78(53-66(54-79(81)92)90(63-26-18-16-19-27-63)64-28-20-17-21-29-64)91(82-74-51-59(85(4,5)6)39-45-80(74)93-83(82)89)65-40-34-55(35-41-65)57-46-61(87(10,11)12)49-62(47-57)88(13,14)15/h16-54H,1-15H3. The van der Waals surface area contributed by atoms with Gasteiger partial charge in [-0.05, 0) is 200 Å². The molecule has 0 saturated carbocycles. The number of fused-ring (bicyclic) bond motifs is 12. The normalized spacial score (nSPS) is 13.5. The lowest BCUT2D eigenvalue weighted by molar-refractivity contribution is 0.569. The first kappa shape index (κ1) is 60.1. The molecule has 0 aliphatic carbocycles. The first-order valence-corrected chi connectivity index (χ1v) is 34.2. The van der Waals surface area contributed by atoms with Gasteiger partial charge < -0.3 is 14.7 Å². The zero-order valence-electron chi connectivity index (χ0n) is 56.8. The largest absolute Gasteiger partial charge is 0.311 e. The monoisotopic (exact) mass is 1230 g/mol. The summed E-state index contributed by atoms with van der Waals surface area (Å²) in [6.07, 6.45) is 0. The summed E-state index contributed by atoms with van der Waals surface area (Å²) in [6.45, 7) is 35.1. The van der Waals surface area contributed by atoms with Gasteiger partial charge in [0.05, 0.1) is 17.1 Å². The molecule has 3 nitrogen and oxygen atoms in total. The maximum absolute atomic E-state index is 2.67. The molecule has 5 heteroatoms. The highest BCUT2D eigenvalue weighted by atomic mass is 32.1. The lowest BCUT2D eigenvalue weighted by Crippen LogP contribution is -2.60. The zero-order valence-corrected chi connectivity index (χ0v) is 57.7. The maximum Gasteiger partial charge on any atom is 0.264 e. The van der Waals surface area contributed by atoms with Gasteiger partial charge in [0.2, 0.25) is 0 Å². The highest BCUT2D eigenvalue weighted by Crippen LogP contribution is 2.54. The SMILES string of the molecule is CC(C)(C)c1cc(-c2ccc(N3c4cc(N(c5ccccc5)c5ccccc5)cc5c4B(c4cc(C(C)(C)C)ccc4N5c4ccc(C(C)(C)C)cc4-c4ccc5c6ccccc6c6ccccc6c5c4)c4sc5ccc(C(C)(C)C)cc5c43)cc2)cc(C(C)(C)C)c1. The topological polar surface area (TPSA) is 9.72 Å². The second-order valence-electron chi connectivity index (χ2n) is 31.5. The Labute approximate surface area is 556 Å². The number of para-hydroxylation sites is 2. The molecule has 12 aromatic carbocycles. The molecule has 0 bridgehead atoms. The van der Waals surface area contributed by atoms with Crippen LogP contribution in [0, 0.1) is 0 Å². The van der Waals surface area contributed by atoms with Crippen molar-refractivity contribution in [1.82, 2.24) is 0 Å². The molecule has 0 amide bonds. The van der Waals surface area contributed by atoms with Crippen molar-refractivity contribution < 1.29 is 0 Å². The van der Waals surface area contributed by atoms with E-state index in [9.17, 15) is 0 Å². The van der Waals surface area contributed by atoms with Crippen molar-refractivity contribution in [2.75, 3.05) is 14.7 Å². The van der Waals surface area contributed by atoms with Crippen molar-refractivity contribution in [3.63, 3.8) is 0 Å². The fourth-order valence-corrected chi connectivity index (χ4v) is 15.9. The molecule has 13 aromatic rings. The Bertz CT molecular complexity index is 5010. The fraction of sp³-hybridized carbons (Fsp3) is 0.227. The summed E-state index contributed by atoms with van der Waals surface area (Å²) in [4.78, 5) is 7.81. The van der Waals surface area contributed by atoms with E-state index in [2.05, 4.69) is 355 Å². The first-order valence-electron chi connectivity index (χ1n) is 33.4. The molecule has 0 saturated heterocycles. The molecule has 2 aliphatic heterocycles. The summed E-state index contributed by atoms with van der Waals surface area (Å²) in [5.74, 6) is 0. The molecule has 0 unspecified atom stereocenters. The number of benzene rings is 12. The summed E-state index contributed by atoms with van der Waals surface area (Å²) in [5.41, 5.74) is 24.0. The predicted octanol–water partition coefficient (Wildman–Crippen LogP) is 23.7. The average Bonchev–Trinajstić information content (AvgIpc) is 1.67. The van der Waals surface area contributed by atoms with E-state index >= 15 is 0 Å². The van der Waals surface area contributed by atoms with Crippen LogP contribution < -0.4 is 30.4 Å². The van der Waals surface area contributed by atoms with Gasteiger partial charge in [0.1, 0.15) is 0 Å². The summed E-state index contributed by atoms with van der Waals surface area (Å²) >= 11 is 1.98. The molecule has 15 rings (SSSR count). The van der Waals surface area contributed by atoms with Crippen molar-refractivity contribution in [3.05, 3.63) is 264 Å². The Kier molecular flexibility index (Phi) is 14.0. The fourth-order valence-electron chi connectivity index (χ4n) is 14.6. The number of nitrogens with zero attached hydrogens (tertiary/aromatic N) is 3. The minimum atomic E-state index is -0.130. The van der Waals surface area contributed by atoms with Gasteiger partial charge in [-0.2, -0.15) is 0 Å². The van der Waals surface area contributed by atoms with Crippen LogP contribution in [0.4, 0.5) is 51.2 Å². The molecule has 460 valence electrons. The van der Waals surface area contributed by atoms with E-state index in [1.165, 1.54) is 125 Å². The highest BCUT2D eigenvalue weighted by molar-refractivity contribution is 7.33. The molecule has 0 atom stereocenters. The second kappa shape index (κ2) is 21.7. The lowest BCUT2D eigenvalue weighted by atomic mass is 9.36. The van der Waals surface area contributed by atoms with E-state index in [4.69, 9.17) is 0 Å². The van der Waals surface area contributed by atoms with Crippen molar-refractivity contribution in [2.24, 2.45) is 0 Å². The number of anilines is 9. The molecule has 0 fully saturated rings. The minimum Gasteiger partial charge on any atom is -0.311 e. The third-order valence-electron chi connectivity index (χ3n) is 19.9. The highest BCUT2D eigenvalue weighted by Gasteiger charge is 2.47. The number of hydrogen-bond donors (Lipinski definition) is 0. The maximum atomic E-state index is 2.67. The Balaban J connectivity index is 1.07. The number of hydrogen-bond acceptors (Lipinski definition) is 4. The molecular weight excluding hydrogens is 1140 g/mol. The van der Waals surface area contributed by atoms with E-state index in [1.807, 2.05) is 11.3 Å². The molecular formula is C88H84BN3S. The molecule has 3 heterocycles. The Morgan fingerprint density at radius 2 is 0.774 bits per heavy atom. The lowest BCUT2D eigenvalue weighted by Gasteiger charge is -2.45. The van der Waals surface area contributed by atoms with Crippen LogP contribution in [0.1, 0.15) is 132 Å². The average molecular weight is 1230 g/mol. The number of thiophene rings is 1. The molecule has 1 aromatic heterocycles. The first-order chi connectivity index (χ1) is 44.3. The Morgan fingerprint density at radius 3 is 1.32 bits per heavy atom. The van der Waals surface area contributed by atoms with E-state index in [1.54, 1.807) is 0 Å². The zero-order chi connectivity index (χ0) is 64.8. The van der Waals surface area contributed by atoms with Crippen LogP contribution in [0.3, 0.4) is 0 Å². The van der Waals surface area contributed by atoms with Gasteiger partial charge in [-0.1, -0.05) is 256 Å². The summed E-state index contributed by atoms with van der Waals surface area (Å²) < 4.78 is 2.65. The van der Waals surface area contributed by atoms with Crippen LogP contribution in [-0.4, -0.2) is 6.71 Å². The molecule has 0 N–H and O–H groups in total. The van der Waals surface area contributed by atoms with Crippen LogP contribution in [0.15, 0.2) is 237 Å². The third kappa shape index (κ3) is 10.3. The summed E-state index contributed by atoms with van der Waals surface area (Å²) in [7, 11) is 0. The number of rotatable bonds is 7. The Hall–Kier alpha value is -9.16. The van der Waals surface area contributed by atoms with Crippen molar-refractivity contribution in [1.29, 1.82) is 0 Å². The van der Waals surface area contributed by atoms with Gasteiger partial charge in [-0.25, -0.2) is 0 Å². The van der Waals surface area contributed by atoms with Gasteiger partial charge in [0, 0.05) is 54.6 Å². The van der Waals surface area contributed by atoms with E-state index < -0.39 is 0 Å². The van der Waals surface area contributed by atoms with Crippen molar-refractivity contribution in [3.8, 4) is 22.3 Å². The van der Waals surface area contributed by atoms with E-state index in [-0.39, 0.29) is 33.8 Å². The third-order valence-corrected chi connectivity index (χ3v) is 21.2. The second-order valence-corrected chi connectivity index (χ2v) is 32.6. The molecule has 0 radical (unpaired) electrons. The van der Waals surface area contributed by atoms with Crippen LogP contribution in [0.25, 0.3) is 64.7 Å². The van der Waals surface area contributed by atoms with E-state index in [0.717, 1.165) is 34.1 Å². The quantitative estimate of drug-likeness (QED) is 0.116. The van der Waals surface area contributed by atoms with Gasteiger partial charge >= 0.3 is 0 Å². The van der Waals surface area contributed by atoms with Crippen LogP contribution in [0.5, 0.6) is 0 Å². The van der Waals surface area contributed by atoms with Crippen LogP contribution in [-0.2, 0) is 27.1 Å². The van der Waals surface area contributed by atoms with Gasteiger partial charge in [0.25, 0.3) is 6.71 Å². The van der Waals surface area contributed by atoms with Gasteiger partial charge in [-0.15, -0.1) is 11.3 Å².